The van der Waals surface area contributed by atoms with Crippen LogP contribution in [0.4, 0.5) is 5.69 Å². The number of nitrogens with one attached hydrogen (secondary N) is 1. The molecule has 2 aromatic rings. The average Bonchev–Trinajstić information content (AvgIpc) is 2.47. The van der Waals surface area contributed by atoms with Gasteiger partial charge < -0.3 is 5.73 Å². The Balaban J connectivity index is 2.46. The van der Waals surface area contributed by atoms with Crippen LogP contribution in [-0.4, -0.2) is 8.42 Å². The highest BCUT2D eigenvalue weighted by Crippen LogP contribution is 2.22. The molecule has 0 fully saturated rings. The van der Waals surface area contributed by atoms with Gasteiger partial charge in [-0.15, -0.1) is 0 Å². The smallest absolute Gasteiger partial charge is 0.262 e. The van der Waals surface area contributed by atoms with Crippen molar-refractivity contribution in [1.82, 2.24) is 0 Å². The van der Waals surface area contributed by atoms with Gasteiger partial charge in [-0.05, 0) is 36.2 Å². The highest BCUT2D eigenvalue weighted by atomic mass is 32.2. The molecular formula is C15H15N3O2S. The van der Waals surface area contributed by atoms with Gasteiger partial charge in [0.15, 0.2) is 0 Å². The Morgan fingerprint density at radius 1 is 1.24 bits per heavy atom. The highest BCUT2D eigenvalue weighted by Gasteiger charge is 2.18. The van der Waals surface area contributed by atoms with E-state index < -0.39 is 10.0 Å². The summed E-state index contributed by atoms with van der Waals surface area (Å²) in [5.41, 5.74) is 7.63. The van der Waals surface area contributed by atoms with Gasteiger partial charge in [0.05, 0.1) is 22.2 Å². The first-order valence-corrected chi connectivity index (χ1v) is 7.78. The van der Waals surface area contributed by atoms with E-state index in [9.17, 15) is 8.42 Å². The minimum absolute atomic E-state index is 0.0911. The number of nitrogens with two attached hydrogens (primary N) is 1. The van der Waals surface area contributed by atoms with E-state index in [0.29, 0.717) is 22.4 Å². The zero-order valence-electron chi connectivity index (χ0n) is 11.5. The van der Waals surface area contributed by atoms with Gasteiger partial charge in [0.1, 0.15) is 0 Å². The number of aryl methyl sites for hydroxylation is 1. The summed E-state index contributed by atoms with van der Waals surface area (Å²) in [6.45, 7) is 1.92. The molecule has 0 saturated heterocycles. The zero-order valence-corrected chi connectivity index (χ0v) is 12.3. The van der Waals surface area contributed by atoms with Gasteiger partial charge in [0, 0.05) is 6.54 Å². The largest absolute Gasteiger partial charge is 0.326 e. The summed E-state index contributed by atoms with van der Waals surface area (Å²) in [6, 6.07) is 13.4. The highest BCUT2D eigenvalue weighted by molar-refractivity contribution is 7.92. The van der Waals surface area contributed by atoms with Crippen LogP contribution in [0.25, 0.3) is 0 Å². The first-order valence-electron chi connectivity index (χ1n) is 6.29. The first kappa shape index (κ1) is 15.0. The van der Waals surface area contributed by atoms with Crippen molar-refractivity contribution in [1.29, 1.82) is 5.26 Å². The van der Waals surface area contributed by atoms with E-state index >= 15 is 0 Å². The molecular weight excluding hydrogens is 286 g/mol. The van der Waals surface area contributed by atoms with E-state index in [1.165, 1.54) is 6.07 Å². The SMILES string of the molecule is Cc1ccc(C#N)cc1S(=O)(=O)Nc1ccccc1CN. The third-order valence-electron chi connectivity index (χ3n) is 3.09. The van der Waals surface area contributed by atoms with Gasteiger partial charge in [0.25, 0.3) is 10.0 Å². The average molecular weight is 301 g/mol. The molecule has 0 aromatic heterocycles. The summed E-state index contributed by atoms with van der Waals surface area (Å²) in [5, 5.41) is 8.91. The fourth-order valence-corrected chi connectivity index (χ4v) is 3.33. The molecule has 0 aliphatic heterocycles. The predicted octanol–water partition coefficient (Wildman–Crippen LogP) is 2.13. The Hall–Kier alpha value is -2.36. The van der Waals surface area contributed by atoms with Crippen molar-refractivity contribution in [2.45, 2.75) is 18.4 Å². The molecule has 0 bridgehead atoms. The van der Waals surface area contributed by atoms with Crippen molar-refractivity contribution in [3.8, 4) is 6.07 Å². The Labute approximate surface area is 124 Å². The lowest BCUT2D eigenvalue weighted by molar-refractivity contribution is 0.600. The van der Waals surface area contributed by atoms with Gasteiger partial charge in [-0.2, -0.15) is 5.26 Å². The standard InChI is InChI=1S/C15H15N3O2S/c1-11-6-7-12(9-16)8-15(11)21(19,20)18-14-5-3-2-4-13(14)10-17/h2-8,18H,10,17H2,1H3. The molecule has 0 spiro atoms. The van der Waals surface area contributed by atoms with Gasteiger partial charge in [0.2, 0.25) is 0 Å². The number of nitriles is 1. The molecule has 3 N–H and O–H groups in total. The molecule has 0 saturated carbocycles. The van der Waals surface area contributed by atoms with Crippen LogP contribution in [0, 0.1) is 18.3 Å². The number of nitrogens with zero attached hydrogens (tertiary/aromatic N) is 1. The fraction of sp³-hybridized carbons (Fsp3) is 0.133. The minimum Gasteiger partial charge on any atom is -0.326 e. The summed E-state index contributed by atoms with van der Waals surface area (Å²) in [4.78, 5) is 0.0911. The van der Waals surface area contributed by atoms with Crippen LogP contribution in [0.1, 0.15) is 16.7 Å². The molecule has 0 unspecified atom stereocenters. The summed E-state index contributed by atoms with van der Waals surface area (Å²) in [6.07, 6.45) is 0. The number of rotatable bonds is 4. The van der Waals surface area contributed by atoms with E-state index in [1.54, 1.807) is 43.3 Å². The Morgan fingerprint density at radius 2 is 1.95 bits per heavy atom. The van der Waals surface area contributed by atoms with E-state index in [2.05, 4.69) is 4.72 Å². The third-order valence-corrected chi connectivity index (χ3v) is 4.60. The van der Waals surface area contributed by atoms with Crippen molar-refractivity contribution in [3.63, 3.8) is 0 Å². The van der Waals surface area contributed by atoms with Crippen LogP contribution in [0.2, 0.25) is 0 Å². The number of anilines is 1. The van der Waals surface area contributed by atoms with E-state index in [4.69, 9.17) is 11.0 Å². The number of hydrogen-bond acceptors (Lipinski definition) is 4. The third kappa shape index (κ3) is 3.21. The van der Waals surface area contributed by atoms with E-state index in [1.807, 2.05) is 6.07 Å². The maximum Gasteiger partial charge on any atom is 0.262 e. The predicted molar refractivity (Wildman–Crippen MR) is 81.0 cm³/mol. The molecule has 0 atom stereocenters. The van der Waals surface area contributed by atoms with Crippen molar-refractivity contribution in [3.05, 3.63) is 59.2 Å². The van der Waals surface area contributed by atoms with E-state index in [-0.39, 0.29) is 11.4 Å². The quantitative estimate of drug-likeness (QED) is 0.904. The molecule has 2 aromatic carbocycles. The number of benzene rings is 2. The van der Waals surface area contributed by atoms with Crippen molar-refractivity contribution in [2.24, 2.45) is 5.73 Å². The van der Waals surface area contributed by atoms with Crippen LogP contribution < -0.4 is 10.5 Å². The van der Waals surface area contributed by atoms with Crippen LogP contribution in [-0.2, 0) is 16.6 Å². The van der Waals surface area contributed by atoms with Gasteiger partial charge in [-0.3, -0.25) is 4.72 Å². The van der Waals surface area contributed by atoms with Crippen molar-refractivity contribution in [2.75, 3.05) is 4.72 Å². The molecule has 0 aliphatic carbocycles. The summed E-state index contributed by atoms with van der Waals surface area (Å²) >= 11 is 0. The van der Waals surface area contributed by atoms with Crippen LogP contribution in [0.15, 0.2) is 47.4 Å². The Bertz CT molecular complexity index is 808. The monoisotopic (exact) mass is 301 g/mol. The van der Waals surface area contributed by atoms with Crippen LogP contribution in [0.5, 0.6) is 0 Å². The molecule has 6 heteroatoms. The molecule has 0 aliphatic rings. The summed E-state index contributed by atoms with van der Waals surface area (Å²) < 4.78 is 27.5. The summed E-state index contributed by atoms with van der Waals surface area (Å²) in [7, 11) is -3.77. The molecule has 5 nitrogen and oxygen atoms in total. The zero-order chi connectivity index (χ0) is 15.5. The summed E-state index contributed by atoms with van der Waals surface area (Å²) in [5.74, 6) is 0. The van der Waals surface area contributed by atoms with Gasteiger partial charge in [-0.1, -0.05) is 24.3 Å². The molecule has 21 heavy (non-hydrogen) atoms. The molecule has 108 valence electrons. The molecule has 0 radical (unpaired) electrons. The number of sulfonamides is 1. The number of hydrogen-bond donors (Lipinski definition) is 2. The number of para-hydroxylation sites is 1. The van der Waals surface area contributed by atoms with E-state index in [0.717, 1.165) is 0 Å². The maximum atomic E-state index is 12.5. The molecule has 2 rings (SSSR count). The second-order valence-corrected chi connectivity index (χ2v) is 6.21. The topological polar surface area (TPSA) is 96.0 Å². The Kier molecular flexibility index (Phi) is 4.26. The fourth-order valence-electron chi connectivity index (χ4n) is 1.96. The lowest BCUT2D eigenvalue weighted by Gasteiger charge is -2.13. The Morgan fingerprint density at radius 3 is 2.62 bits per heavy atom. The van der Waals surface area contributed by atoms with Crippen molar-refractivity contribution < 1.29 is 8.42 Å². The second-order valence-electron chi connectivity index (χ2n) is 4.56. The van der Waals surface area contributed by atoms with Crippen LogP contribution >= 0.6 is 0 Å². The maximum absolute atomic E-state index is 12.5. The van der Waals surface area contributed by atoms with Gasteiger partial charge in [-0.25, -0.2) is 8.42 Å². The van der Waals surface area contributed by atoms with Crippen molar-refractivity contribution >= 4 is 15.7 Å². The van der Waals surface area contributed by atoms with Crippen LogP contribution in [0.3, 0.4) is 0 Å². The van der Waals surface area contributed by atoms with Gasteiger partial charge >= 0.3 is 0 Å². The minimum atomic E-state index is -3.77. The molecule has 0 heterocycles. The first-order chi connectivity index (χ1) is 9.97. The normalized spacial score (nSPS) is 10.9. The lowest BCUT2D eigenvalue weighted by atomic mass is 10.2. The lowest BCUT2D eigenvalue weighted by Crippen LogP contribution is -2.16. The second kappa shape index (κ2) is 5.95. The molecule has 0 amide bonds.